The summed E-state index contributed by atoms with van der Waals surface area (Å²) in [6.45, 7) is 9.79. The number of halogens is 1. The van der Waals surface area contributed by atoms with E-state index in [0.29, 0.717) is 11.8 Å². The second-order valence-electron chi connectivity index (χ2n) is 6.07. The highest BCUT2D eigenvalue weighted by Crippen LogP contribution is 2.22. The molecule has 0 aromatic carbocycles. The van der Waals surface area contributed by atoms with Gasteiger partial charge in [-0.1, -0.05) is 27.7 Å². The fourth-order valence-electron chi connectivity index (χ4n) is 2.18. The van der Waals surface area contributed by atoms with E-state index in [1.807, 2.05) is 18.7 Å². The number of amides is 2. The lowest BCUT2D eigenvalue weighted by molar-refractivity contribution is -0.135. The molecule has 6 heteroatoms. The van der Waals surface area contributed by atoms with E-state index in [-0.39, 0.29) is 36.7 Å². The van der Waals surface area contributed by atoms with Crippen LogP contribution in [0.1, 0.15) is 34.1 Å². The van der Waals surface area contributed by atoms with Crippen LogP contribution < -0.4 is 11.1 Å². The van der Waals surface area contributed by atoms with Crippen LogP contribution in [0.25, 0.3) is 0 Å². The summed E-state index contributed by atoms with van der Waals surface area (Å²) in [5.41, 5.74) is 5.73. The molecule has 1 rings (SSSR count). The van der Waals surface area contributed by atoms with Crippen molar-refractivity contribution in [3.8, 4) is 0 Å². The van der Waals surface area contributed by atoms with Gasteiger partial charge in [0.1, 0.15) is 0 Å². The van der Waals surface area contributed by atoms with Crippen LogP contribution >= 0.6 is 12.4 Å². The van der Waals surface area contributed by atoms with Gasteiger partial charge in [0.25, 0.3) is 0 Å². The molecule has 3 atom stereocenters. The molecule has 0 aromatic heterocycles. The van der Waals surface area contributed by atoms with Gasteiger partial charge < -0.3 is 16.0 Å². The quantitative estimate of drug-likeness (QED) is 0.814. The molecule has 1 aliphatic heterocycles. The van der Waals surface area contributed by atoms with Crippen LogP contribution in [0.15, 0.2) is 0 Å². The van der Waals surface area contributed by atoms with Gasteiger partial charge in [-0.2, -0.15) is 0 Å². The molecule has 0 aliphatic carbocycles. The van der Waals surface area contributed by atoms with E-state index in [2.05, 4.69) is 19.2 Å². The Balaban J connectivity index is 0.00000361. The molecule has 2 amide bonds. The van der Waals surface area contributed by atoms with Crippen molar-refractivity contribution in [1.82, 2.24) is 10.2 Å². The minimum absolute atomic E-state index is 0. The largest absolute Gasteiger partial charge is 0.346 e. The zero-order valence-electron chi connectivity index (χ0n) is 12.9. The number of hydrogen-bond donors (Lipinski definition) is 2. The summed E-state index contributed by atoms with van der Waals surface area (Å²) in [4.78, 5) is 25.5. The molecule has 0 saturated carbocycles. The van der Waals surface area contributed by atoms with Crippen LogP contribution in [0, 0.1) is 17.8 Å². The Morgan fingerprint density at radius 2 is 1.90 bits per heavy atom. The summed E-state index contributed by atoms with van der Waals surface area (Å²) in [6, 6.07) is -0.548. The Morgan fingerprint density at radius 3 is 2.40 bits per heavy atom. The predicted octanol–water partition coefficient (Wildman–Crippen LogP) is 1.01. The monoisotopic (exact) mass is 305 g/mol. The summed E-state index contributed by atoms with van der Waals surface area (Å²) in [5.74, 6) is 0.995. The van der Waals surface area contributed by atoms with Gasteiger partial charge >= 0.3 is 0 Å². The van der Waals surface area contributed by atoms with Crippen molar-refractivity contribution in [2.45, 2.75) is 40.2 Å². The third-order valence-corrected chi connectivity index (χ3v) is 4.12. The fraction of sp³-hybridized carbons (Fsp3) is 0.857. The van der Waals surface area contributed by atoms with Crippen molar-refractivity contribution in [2.75, 3.05) is 19.6 Å². The molecule has 1 heterocycles. The molecule has 1 aliphatic rings. The summed E-state index contributed by atoms with van der Waals surface area (Å²) in [5, 5.41) is 2.63. The molecule has 0 spiro atoms. The first-order valence-electron chi connectivity index (χ1n) is 7.14. The molecule has 118 valence electrons. The summed E-state index contributed by atoms with van der Waals surface area (Å²) in [6.07, 6.45) is 1.03. The number of rotatable bonds is 4. The number of piperidine rings is 1. The standard InChI is InChI=1S/C14H27N3O2.ClH/c1-9(2)13(15)14(19)16-7-12(18)17-6-5-10(3)11(4)8-17;/h9-11,13H,5-8,15H2,1-4H3,(H,16,19);1H/t10?,11?,13-;/m0./s1. The lowest BCUT2D eigenvalue weighted by Gasteiger charge is -2.35. The second kappa shape index (κ2) is 8.47. The molecule has 0 aromatic rings. The number of hydrogen-bond acceptors (Lipinski definition) is 3. The summed E-state index contributed by atoms with van der Waals surface area (Å²) >= 11 is 0. The van der Waals surface area contributed by atoms with Gasteiger partial charge in [-0.25, -0.2) is 0 Å². The maximum Gasteiger partial charge on any atom is 0.241 e. The van der Waals surface area contributed by atoms with Crippen LogP contribution in [0.3, 0.4) is 0 Å². The van der Waals surface area contributed by atoms with E-state index in [0.717, 1.165) is 19.5 Å². The minimum atomic E-state index is -0.548. The number of likely N-dealkylation sites (tertiary alicyclic amines) is 1. The van der Waals surface area contributed by atoms with Gasteiger partial charge in [0.05, 0.1) is 12.6 Å². The minimum Gasteiger partial charge on any atom is -0.346 e. The lowest BCUT2D eigenvalue weighted by atomic mass is 9.89. The Morgan fingerprint density at radius 1 is 1.30 bits per heavy atom. The zero-order chi connectivity index (χ0) is 14.6. The Hall–Kier alpha value is -0.810. The average molecular weight is 306 g/mol. The van der Waals surface area contributed by atoms with E-state index in [9.17, 15) is 9.59 Å². The molecule has 1 fully saturated rings. The van der Waals surface area contributed by atoms with Crippen molar-refractivity contribution < 1.29 is 9.59 Å². The molecule has 1 saturated heterocycles. The van der Waals surface area contributed by atoms with E-state index >= 15 is 0 Å². The van der Waals surface area contributed by atoms with Gasteiger partial charge in [-0.3, -0.25) is 9.59 Å². The van der Waals surface area contributed by atoms with Crippen LogP contribution in [0.4, 0.5) is 0 Å². The molecule has 0 radical (unpaired) electrons. The highest BCUT2D eigenvalue weighted by molar-refractivity contribution is 5.87. The first kappa shape index (κ1) is 19.2. The average Bonchev–Trinajstić information content (AvgIpc) is 2.37. The maximum absolute atomic E-state index is 12.0. The van der Waals surface area contributed by atoms with Crippen molar-refractivity contribution in [1.29, 1.82) is 0 Å². The van der Waals surface area contributed by atoms with Crippen LogP contribution in [-0.4, -0.2) is 42.4 Å². The predicted molar refractivity (Wildman–Crippen MR) is 82.6 cm³/mol. The molecule has 2 unspecified atom stereocenters. The highest BCUT2D eigenvalue weighted by atomic mass is 35.5. The molecule has 5 nitrogen and oxygen atoms in total. The first-order valence-corrected chi connectivity index (χ1v) is 7.14. The van der Waals surface area contributed by atoms with E-state index < -0.39 is 6.04 Å². The normalized spacial score (nSPS) is 24.0. The zero-order valence-corrected chi connectivity index (χ0v) is 13.7. The molecule has 20 heavy (non-hydrogen) atoms. The van der Waals surface area contributed by atoms with Crippen LogP contribution in [-0.2, 0) is 9.59 Å². The number of nitrogens with zero attached hydrogens (tertiary/aromatic N) is 1. The molecular formula is C14H28ClN3O2. The van der Waals surface area contributed by atoms with Gasteiger partial charge in [-0.15, -0.1) is 12.4 Å². The van der Waals surface area contributed by atoms with E-state index in [1.165, 1.54) is 0 Å². The number of carbonyl (C=O) groups excluding carboxylic acids is 2. The van der Waals surface area contributed by atoms with Gasteiger partial charge in [0.15, 0.2) is 0 Å². The topological polar surface area (TPSA) is 75.4 Å². The summed E-state index contributed by atoms with van der Waals surface area (Å²) in [7, 11) is 0. The third-order valence-electron chi connectivity index (χ3n) is 4.12. The third kappa shape index (κ3) is 5.29. The van der Waals surface area contributed by atoms with Gasteiger partial charge in [0, 0.05) is 13.1 Å². The van der Waals surface area contributed by atoms with Crippen LogP contribution in [0.5, 0.6) is 0 Å². The molecule has 0 bridgehead atoms. The molecule has 3 N–H and O–H groups in total. The first-order chi connectivity index (χ1) is 8.82. The number of nitrogens with two attached hydrogens (primary N) is 1. The second-order valence-corrected chi connectivity index (χ2v) is 6.07. The summed E-state index contributed by atoms with van der Waals surface area (Å²) < 4.78 is 0. The van der Waals surface area contributed by atoms with Gasteiger partial charge in [-0.05, 0) is 24.2 Å². The Bertz CT molecular complexity index is 336. The fourth-order valence-corrected chi connectivity index (χ4v) is 2.18. The maximum atomic E-state index is 12.0. The van der Waals surface area contributed by atoms with Gasteiger partial charge in [0.2, 0.25) is 11.8 Å². The van der Waals surface area contributed by atoms with Crippen molar-refractivity contribution in [2.24, 2.45) is 23.5 Å². The van der Waals surface area contributed by atoms with Crippen molar-refractivity contribution >= 4 is 24.2 Å². The molecular weight excluding hydrogens is 278 g/mol. The smallest absolute Gasteiger partial charge is 0.241 e. The number of carbonyl (C=O) groups is 2. The van der Waals surface area contributed by atoms with Crippen molar-refractivity contribution in [3.63, 3.8) is 0 Å². The number of nitrogens with one attached hydrogen (secondary N) is 1. The Kier molecular flexibility index (Phi) is 8.13. The Labute approximate surface area is 128 Å². The SMILES string of the molecule is CC1CCN(C(=O)CNC(=O)[C@@H](N)C(C)C)CC1C.Cl. The van der Waals surface area contributed by atoms with E-state index in [1.54, 1.807) is 0 Å². The lowest BCUT2D eigenvalue weighted by Crippen LogP contribution is -2.50. The van der Waals surface area contributed by atoms with E-state index in [4.69, 9.17) is 5.73 Å². The van der Waals surface area contributed by atoms with Crippen LogP contribution in [0.2, 0.25) is 0 Å². The highest BCUT2D eigenvalue weighted by Gasteiger charge is 2.26. The van der Waals surface area contributed by atoms with Crippen molar-refractivity contribution in [3.05, 3.63) is 0 Å².